The van der Waals surface area contributed by atoms with Gasteiger partial charge in [-0.2, -0.15) is 0 Å². The molecule has 4 heteroatoms. The fourth-order valence-electron chi connectivity index (χ4n) is 2.50. The number of halogens is 2. The van der Waals surface area contributed by atoms with E-state index < -0.39 is 4.84 Å². The number of rotatable bonds is 6. The molecule has 21 heavy (non-hydrogen) atoms. The summed E-state index contributed by atoms with van der Waals surface area (Å²) in [5.41, 5.74) is 1.08. The van der Waals surface area contributed by atoms with Crippen LogP contribution in [0.15, 0.2) is 42.5 Å². The summed E-state index contributed by atoms with van der Waals surface area (Å²) in [7, 11) is 0. The Morgan fingerprint density at radius 2 is 1.86 bits per heavy atom. The third-order valence-electron chi connectivity index (χ3n) is 3.49. The van der Waals surface area contributed by atoms with Crippen LogP contribution in [-0.4, -0.2) is 17.4 Å². The van der Waals surface area contributed by atoms with Crippen molar-refractivity contribution in [3.8, 4) is 0 Å². The highest BCUT2D eigenvalue weighted by Gasteiger charge is 2.22. The standard InChI is InChI=1S/C17H18Cl2O2/c1-2-21-16(20)11-10-15(17(18)19)14-9-5-7-12-6-3-4-8-13(12)14/h3-9,15,17H,2,10-11H2,1H3. The zero-order chi connectivity index (χ0) is 15.2. The van der Waals surface area contributed by atoms with Gasteiger partial charge in [-0.25, -0.2) is 0 Å². The number of alkyl halides is 2. The maximum absolute atomic E-state index is 11.6. The summed E-state index contributed by atoms with van der Waals surface area (Å²) in [4.78, 5) is 11.0. The van der Waals surface area contributed by atoms with Crippen LogP contribution in [0.4, 0.5) is 0 Å². The van der Waals surface area contributed by atoms with Crippen molar-refractivity contribution in [2.45, 2.75) is 30.5 Å². The maximum Gasteiger partial charge on any atom is 0.305 e. The first-order valence-electron chi connectivity index (χ1n) is 7.05. The van der Waals surface area contributed by atoms with Crippen LogP contribution in [0.2, 0.25) is 0 Å². The van der Waals surface area contributed by atoms with E-state index in [2.05, 4.69) is 18.2 Å². The van der Waals surface area contributed by atoms with Crippen molar-refractivity contribution in [3.63, 3.8) is 0 Å². The number of ether oxygens (including phenoxy) is 1. The van der Waals surface area contributed by atoms with Gasteiger partial charge >= 0.3 is 5.97 Å². The van der Waals surface area contributed by atoms with Crippen LogP contribution < -0.4 is 0 Å². The van der Waals surface area contributed by atoms with Crippen LogP contribution in [-0.2, 0) is 9.53 Å². The molecular formula is C17H18Cl2O2. The summed E-state index contributed by atoms with van der Waals surface area (Å²) in [5, 5.41) is 2.27. The fourth-order valence-corrected chi connectivity index (χ4v) is 3.02. The summed E-state index contributed by atoms with van der Waals surface area (Å²) < 4.78 is 4.97. The van der Waals surface area contributed by atoms with Gasteiger partial charge in [-0.1, -0.05) is 42.5 Å². The number of hydrogen-bond donors (Lipinski definition) is 0. The van der Waals surface area contributed by atoms with E-state index in [1.54, 1.807) is 6.92 Å². The quantitative estimate of drug-likeness (QED) is 0.547. The number of carbonyl (C=O) groups excluding carboxylic acids is 1. The van der Waals surface area contributed by atoms with Crippen molar-refractivity contribution in [1.82, 2.24) is 0 Å². The number of esters is 1. The summed E-state index contributed by atoms with van der Waals surface area (Å²) in [5.74, 6) is -0.305. The van der Waals surface area contributed by atoms with Gasteiger partial charge in [-0.3, -0.25) is 4.79 Å². The smallest absolute Gasteiger partial charge is 0.305 e. The molecule has 0 spiro atoms. The topological polar surface area (TPSA) is 26.3 Å². The second kappa shape index (κ2) is 7.67. The van der Waals surface area contributed by atoms with Gasteiger partial charge < -0.3 is 4.74 Å². The molecule has 0 bridgehead atoms. The summed E-state index contributed by atoms with van der Waals surface area (Å²) in [6.07, 6.45) is 0.891. The fraction of sp³-hybridized carbons (Fsp3) is 0.353. The molecule has 2 nitrogen and oxygen atoms in total. The van der Waals surface area contributed by atoms with Gasteiger partial charge in [-0.15, -0.1) is 23.2 Å². The largest absolute Gasteiger partial charge is 0.466 e. The molecule has 1 unspecified atom stereocenters. The van der Waals surface area contributed by atoms with E-state index in [1.807, 2.05) is 24.3 Å². The molecule has 0 N–H and O–H groups in total. The lowest BCUT2D eigenvalue weighted by molar-refractivity contribution is -0.143. The van der Waals surface area contributed by atoms with Crippen molar-refractivity contribution in [1.29, 1.82) is 0 Å². The lowest BCUT2D eigenvalue weighted by Crippen LogP contribution is -2.12. The number of benzene rings is 2. The van der Waals surface area contributed by atoms with Crippen LogP contribution >= 0.6 is 23.2 Å². The first-order valence-corrected chi connectivity index (χ1v) is 7.92. The normalized spacial score (nSPS) is 12.6. The van der Waals surface area contributed by atoms with E-state index in [9.17, 15) is 4.79 Å². The third kappa shape index (κ3) is 4.12. The van der Waals surface area contributed by atoms with Gasteiger partial charge in [0.2, 0.25) is 0 Å². The zero-order valence-electron chi connectivity index (χ0n) is 11.9. The molecule has 2 aromatic carbocycles. The minimum Gasteiger partial charge on any atom is -0.466 e. The molecule has 0 aliphatic rings. The van der Waals surface area contributed by atoms with Gasteiger partial charge in [-0.05, 0) is 29.7 Å². The molecule has 0 fully saturated rings. The minimum atomic E-state index is -0.565. The first kappa shape index (κ1) is 16.1. The molecule has 0 aromatic heterocycles. The molecule has 0 amide bonds. The van der Waals surface area contributed by atoms with E-state index in [0.717, 1.165) is 16.3 Å². The number of hydrogen-bond acceptors (Lipinski definition) is 2. The van der Waals surface area contributed by atoms with Crippen LogP contribution in [0.1, 0.15) is 31.2 Å². The van der Waals surface area contributed by atoms with Gasteiger partial charge in [0, 0.05) is 12.3 Å². The molecular weight excluding hydrogens is 307 g/mol. The SMILES string of the molecule is CCOC(=O)CCC(c1cccc2ccccc12)C(Cl)Cl. The monoisotopic (exact) mass is 324 g/mol. The van der Waals surface area contributed by atoms with Crippen LogP contribution in [0, 0.1) is 0 Å². The molecule has 112 valence electrons. The van der Waals surface area contributed by atoms with E-state index in [0.29, 0.717) is 19.4 Å². The predicted octanol–water partition coefficient (Wildman–Crippen LogP) is 5.07. The van der Waals surface area contributed by atoms with E-state index in [1.165, 1.54) is 0 Å². The Kier molecular flexibility index (Phi) is 5.89. The van der Waals surface area contributed by atoms with Gasteiger partial charge in [0.15, 0.2) is 0 Å². The molecule has 0 saturated heterocycles. The first-order chi connectivity index (χ1) is 10.1. The Bertz CT molecular complexity index is 605. The van der Waals surface area contributed by atoms with E-state index in [4.69, 9.17) is 27.9 Å². The maximum atomic E-state index is 11.6. The Morgan fingerprint density at radius 1 is 1.14 bits per heavy atom. The molecule has 0 heterocycles. The molecule has 0 aliphatic heterocycles. The zero-order valence-corrected chi connectivity index (χ0v) is 13.4. The molecule has 1 atom stereocenters. The Labute approximate surface area is 135 Å². The average Bonchev–Trinajstić information content (AvgIpc) is 2.47. The van der Waals surface area contributed by atoms with Crippen molar-refractivity contribution in [3.05, 3.63) is 48.0 Å². The van der Waals surface area contributed by atoms with Crippen molar-refractivity contribution >= 4 is 39.9 Å². The molecule has 2 rings (SSSR count). The van der Waals surface area contributed by atoms with Gasteiger partial charge in [0.1, 0.15) is 4.84 Å². The number of fused-ring (bicyclic) bond motifs is 1. The summed E-state index contributed by atoms with van der Waals surface area (Å²) in [6, 6.07) is 14.2. The Hall–Kier alpha value is -1.25. The summed E-state index contributed by atoms with van der Waals surface area (Å²) >= 11 is 12.3. The second-order valence-electron chi connectivity index (χ2n) is 4.85. The highest BCUT2D eigenvalue weighted by Crippen LogP contribution is 2.35. The molecule has 0 aliphatic carbocycles. The van der Waals surface area contributed by atoms with E-state index >= 15 is 0 Å². The highest BCUT2D eigenvalue weighted by molar-refractivity contribution is 6.44. The second-order valence-corrected chi connectivity index (χ2v) is 6.02. The van der Waals surface area contributed by atoms with Crippen LogP contribution in [0.3, 0.4) is 0 Å². The average molecular weight is 325 g/mol. The van der Waals surface area contributed by atoms with Crippen LogP contribution in [0.5, 0.6) is 0 Å². The minimum absolute atomic E-state index is 0.0937. The molecule has 2 aromatic rings. The highest BCUT2D eigenvalue weighted by atomic mass is 35.5. The third-order valence-corrected chi connectivity index (χ3v) is 4.10. The Balaban J connectivity index is 2.26. The van der Waals surface area contributed by atoms with Crippen LogP contribution in [0.25, 0.3) is 10.8 Å². The van der Waals surface area contributed by atoms with Gasteiger partial charge in [0.25, 0.3) is 0 Å². The summed E-state index contributed by atoms with van der Waals surface area (Å²) in [6.45, 7) is 2.19. The predicted molar refractivity (Wildman–Crippen MR) is 88.1 cm³/mol. The molecule has 0 radical (unpaired) electrons. The van der Waals surface area contributed by atoms with Crippen molar-refractivity contribution < 1.29 is 9.53 Å². The Morgan fingerprint density at radius 3 is 2.57 bits per heavy atom. The lowest BCUT2D eigenvalue weighted by atomic mass is 9.91. The van der Waals surface area contributed by atoms with E-state index in [-0.39, 0.29) is 11.9 Å². The number of carbonyl (C=O) groups is 1. The van der Waals surface area contributed by atoms with Crippen molar-refractivity contribution in [2.24, 2.45) is 0 Å². The van der Waals surface area contributed by atoms with Crippen molar-refractivity contribution in [2.75, 3.05) is 6.61 Å². The lowest BCUT2D eigenvalue weighted by Gasteiger charge is -2.20. The van der Waals surface area contributed by atoms with Gasteiger partial charge in [0.05, 0.1) is 6.61 Å². The molecule has 0 saturated carbocycles.